The molecule has 1 aromatic heterocycles. The minimum absolute atomic E-state index is 0.219. The molecule has 0 fully saturated rings. The molecule has 3 N–H and O–H groups in total. The Bertz CT molecular complexity index is 1040. The van der Waals surface area contributed by atoms with E-state index in [0.717, 1.165) is 0 Å². The Morgan fingerprint density at radius 2 is 1.64 bits per heavy atom. The average Bonchev–Trinajstić information content (AvgIpc) is 2.63. The van der Waals surface area contributed by atoms with Crippen molar-refractivity contribution < 1.29 is 9.59 Å². The van der Waals surface area contributed by atoms with E-state index in [2.05, 4.69) is 15.6 Å². The number of carbonyl (C=O) groups excluding carboxylic acids is 2. The van der Waals surface area contributed by atoms with Crippen LogP contribution in [-0.4, -0.2) is 23.8 Å². The van der Waals surface area contributed by atoms with Crippen molar-refractivity contribution in [3.63, 3.8) is 0 Å². The summed E-state index contributed by atoms with van der Waals surface area (Å²) in [6, 6.07) is 12.0. The minimum atomic E-state index is -0.357. The van der Waals surface area contributed by atoms with Gasteiger partial charge in [-0.2, -0.15) is 0 Å². The van der Waals surface area contributed by atoms with E-state index in [1.807, 2.05) is 0 Å². The molecule has 0 radical (unpaired) electrons. The fraction of sp³-hybridized carbons (Fsp3) is 0.105. The van der Waals surface area contributed by atoms with Crippen LogP contribution in [0.25, 0.3) is 10.8 Å². The molecule has 0 aliphatic carbocycles. The molecule has 6 heteroatoms. The molecule has 0 atom stereocenters. The van der Waals surface area contributed by atoms with Gasteiger partial charge < -0.3 is 15.6 Å². The Labute approximate surface area is 143 Å². The second-order valence-corrected chi connectivity index (χ2v) is 5.59. The van der Waals surface area contributed by atoms with Crippen LogP contribution in [0.1, 0.15) is 26.3 Å². The fourth-order valence-corrected chi connectivity index (χ4v) is 2.74. The van der Waals surface area contributed by atoms with Crippen LogP contribution in [0.4, 0.5) is 5.69 Å². The number of benzene rings is 2. The third kappa shape index (κ3) is 3.01. The standard InChI is InChI=1S/C19H17N3O3/c1-11-12(17(23)20-2)8-5-9-16(11)22-19(25)15-10-21-18(24)14-7-4-3-6-13(14)15/h3-10H,1-2H3,(H,20,23)(H,21,24)(H,22,25). The quantitative estimate of drug-likeness (QED) is 0.686. The zero-order valence-corrected chi connectivity index (χ0v) is 13.8. The van der Waals surface area contributed by atoms with Crippen molar-refractivity contribution in [2.24, 2.45) is 0 Å². The molecule has 2 aromatic carbocycles. The molecule has 0 aliphatic rings. The number of aromatic nitrogens is 1. The normalized spacial score (nSPS) is 10.5. The third-order valence-corrected chi connectivity index (χ3v) is 4.11. The van der Waals surface area contributed by atoms with Crippen LogP contribution in [0, 0.1) is 6.92 Å². The molecule has 2 amide bonds. The lowest BCUT2D eigenvalue weighted by molar-refractivity contribution is 0.0960. The van der Waals surface area contributed by atoms with Crippen molar-refractivity contribution in [2.45, 2.75) is 6.92 Å². The molecular weight excluding hydrogens is 318 g/mol. The molecule has 0 aliphatic heterocycles. The second-order valence-electron chi connectivity index (χ2n) is 5.59. The van der Waals surface area contributed by atoms with Gasteiger partial charge >= 0.3 is 0 Å². The van der Waals surface area contributed by atoms with Crippen molar-refractivity contribution >= 4 is 28.3 Å². The summed E-state index contributed by atoms with van der Waals surface area (Å²) in [4.78, 5) is 39.1. The van der Waals surface area contributed by atoms with Gasteiger partial charge in [-0.25, -0.2) is 0 Å². The molecule has 126 valence electrons. The van der Waals surface area contributed by atoms with E-state index in [1.54, 1.807) is 56.4 Å². The molecule has 0 saturated heterocycles. The molecule has 0 spiro atoms. The Morgan fingerprint density at radius 1 is 0.920 bits per heavy atom. The molecule has 3 aromatic rings. The number of amides is 2. The highest BCUT2D eigenvalue weighted by Gasteiger charge is 2.15. The summed E-state index contributed by atoms with van der Waals surface area (Å²) in [6.45, 7) is 1.77. The van der Waals surface area contributed by atoms with Gasteiger partial charge in [0.1, 0.15) is 0 Å². The maximum atomic E-state index is 12.7. The summed E-state index contributed by atoms with van der Waals surface area (Å²) in [5, 5.41) is 6.41. The van der Waals surface area contributed by atoms with E-state index in [0.29, 0.717) is 33.2 Å². The van der Waals surface area contributed by atoms with E-state index in [9.17, 15) is 14.4 Å². The Balaban J connectivity index is 2.01. The summed E-state index contributed by atoms with van der Waals surface area (Å²) in [6.07, 6.45) is 1.40. The number of rotatable bonds is 3. The Morgan fingerprint density at radius 3 is 2.36 bits per heavy atom. The van der Waals surface area contributed by atoms with Crippen LogP contribution < -0.4 is 16.2 Å². The largest absolute Gasteiger partial charge is 0.355 e. The number of hydrogen-bond donors (Lipinski definition) is 3. The highest BCUT2D eigenvalue weighted by Crippen LogP contribution is 2.21. The van der Waals surface area contributed by atoms with Gasteiger partial charge in [0.15, 0.2) is 0 Å². The van der Waals surface area contributed by atoms with Gasteiger partial charge in [0, 0.05) is 35.3 Å². The summed E-state index contributed by atoms with van der Waals surface area (Å²) >= 11 is 0. The molecule has 1 heterocycles. The zero-order chi connectivity index (χ0) is 18.0. The van der Waals surface area contributed by atoms with Crippen molar-refractivity contribution in [3.05, 3.63) is 75.7 Å². The zero-order valence-electron chi connectivity index (χ0n) is 13.8. The molecule has 0 saturated carbocycles. The predicted octanol–water partition coefficient (Wildman–Crippen LogP) is 2.45. The fourth-order valence-electron chi connectivity index (χ4n) is 2.74. The first-order valence-corrected chi connectivity index (χ1v) is 7.76. The van der Waals surface area contributed by atoms with E-state index in [1.165, 1.54) is 6.20 Å². The Kier molecular flexibility index (Phi) is 4.35. The lowest BCUT2D eigenvalue weighted by atomic mass is 10.0. The summed E-state index contributed by atoms with van der Waals surface area (Å²) in [5.74, 6) is -0.576. The molecule has 3 rings (SSSR count). The van der Waals surface area contributed by atoms with E-state index >= 15 is 0 Å². The van der Waals surface area contributed by atoms with Crippen LogP contribution in [0.3, 0.4) is 0 Å². The van der Waals surface area contributed by atoms with Gasteiger partial charge in [-0.05, 0) is 30.7 Å². The number of carbonyl (C=O) groups is 2. The lowest BCUT2D eigenvalue weighted by Gasteiger charge is -2.12. The molecule has 25 heavy (non-hydrogen) atoms. The van der Waals surface area contributed by atoms with Crippen LogP contribution >= 0.6 is 0 Å². The van der Waals surface area contributed by atoms with E-state index in [4.69, 9.17) is 0 Å². The Hall–Kier alpha value is -3.41. The maximum Gasteiger partial charge on any atom is 0.257 e. The first-order chi connectivity index (χ1) is 12.0. The lowest BCUT2D eigenvalue weighted by Crippen LogP contribution is -2.21. The monoisotopic (exact) mass is 335 g/mol. The van der Waals surface area contributed by atoms with E-state index < -0.39 is 0 Å². The number of hydrogen-bond acceptors (Lipinski definition) is 3. The molecule has 6 nitrogen and oxygen atoms in total. The molecular formula is C19H17N3O3. The smallest absolute Gasteiger partial charge is 0.257 e. The van der Waals surface area contributed by atoms with Gasteiger partial charge in [0.2, 0.25) is 0 Å². The topological polar surface area (TPSA) is 91.1 Å². The first kappa shape index (κ1) is 16.4. The maximum absolute atomic E-state index is 12.7. The number of pyridine rings is 1. The number of aromatic amines is 1. The number of fused-ring (bicyclic) bond motifs is 1. The van der Waals surface area contributed by atoms with Crippen molar-refractivity contribution in [2.75, 3.05) is 12.4 Å². The third-order valence-electron chi connectivity index (χ3n) is 4.11. The highest BCUT2D eigenvalue weighted by molar-refractivity contribution is 6.13. The van der Waals surface area contributed by atoms with Crippen LogP contribution in [-0.2, 0) is 0 Å². The number of anilines is 1. The van der Waals surface area contributed by atoms with Crippen LogP contribution in [0.2, 0.25) is 0 Å². The van der Waals surface area contributed by atoms with Crippen molar-refractivity contribution in [3.8, 4) is 0 Å². The van der Waals surface area contributed by atoms with Crippen LogP contribution in [0.5, 0.6) is 0 Å². The molecule has 0 bridgehead atoms. The van der Waals surface area contributed by atoms with Crippen molar-refractivity contribution in [1.29, 1.82) is 0 Å². The summed E-state index contributed by atoms with van der Waals surface area (Å²) < 4.78 is 0. The number of H-pyrrole nitrogens is 1. The minimum Gasteiger partial charge on any atom is -0.355 e. The second kappa shape index (κ2) is 6.60. The number of nitrogens with one attached hydrogen (secondary N) is 3. The SMILES string of the molecule is CNC(=O)c1cccc(NC(=O)c2c[nH]c(=O)c3ccccc23)c1C. The predicted molar refractivity (Wildman–Crippen MR) is 97.1 cm³/mol. The van der Waals surface area contributed by atoms with Gasteiger partial charge in [-0.15, -0.1) is 0 Å². The summed E-state index contributed by atoms with van der Waals surface area (Å²) in [5.41, 5.74) is 1.82. The highest BCUT2D eigenvalue weighted by atomic mass is 16.2. The van der Waals surface area contributed by atoms with Crippen LogP contribution in [0.15, 0.2) is 53.5 Å². The van der Waals surface area contributed by atoms with Crippen molar-refractivity contribution in [1.82, 2.24) is 10.3 Å². The van der Waals surface area contributed by atoms with E-state index in [-0.39, 0.29) is 17.4 Å². The van der Waals surface area contributed by atoms with Gasteiger partial charge in [-0.3, -0.25) is 14.4 Å². The molecule has 0 unspecified atom stereocenters. The van der Waals surface area contributed by atoms with Gasteiger partial charge in [0.05, 0.1) is 5.56 Å². The summed E-state index contributed by atoms with van der Waals surface area (Å²) in [7, 11) is 1.56. The van der Waals surface area contributed by atoms with Gasteiger partial charge in [-0.1, -0.05) is 24.3 Å². The van der Waals surface area contributed by atoms with Gasteiger partial charge in [0.25, 0.3) is 17.4 Å². The first-order valence-electron chi connectivity index (χ1n) is 7.76. The average molecular weight is 335 g/mol.